The van der Waals surface area contributed by atoms with Crippen molar-refractivity contribution in [3.05, 3.63) is 39.9 Å². The summed E-state index contributed by atoms with van der Waals surface area (Å²) in [6.07, 6.45) is -1.30. The van der Waals surface area contributed by atoms with Crippen LogP contribution in [0.5, 0.6) is 0 Å². The molecule has 0 saturated heterocycles. The van der Waals surface area contributed by atoms with E-state index in [-0.39, 0.29) is 5.69 Å². The maximum absolute atomic E-state index is 10.5. The van der Waals surface area contributed by atoms with Gasteiger partial charge in [-0.05, 0) is 5.56 Å². The molecule has 1 unspecified atom stereocenters. The molecule has 0 spiro atoms. The molecular formula is C9H10N2O5. The van der Waals surface area contributed by atoms with Crippen LogP contribution in [0.4, 0.5) is 10.5 Å². The van der Waals surface area contributed by atoms with Gasteiger partial charge in [0.25, 0.3) is 5.69 Å². The minimum Gasteiger partial charge on any atom is -0.465 e. The largest absolute Gasteiger partial charge is 0.465 e. The third-order valence-corrected chi connectivity index (χ3v) is 1.96. The zero-order chi connectivity index (χ0) is 12.1. The number of hydrogen-bond donors (Lipinski definition) is 3. The predicted octanol–water partition coefficient (Wildman–Crippen LogP) is 0.896. The number of amides is 1. The predicted molar refractivity (Wildman–Crippen MR) is 54.1 cm³/mol. The summed E-state index contributed by atoms with van der Waals surface area (Å²) >= 11 is 0. The van der Waals surface area contributed by atoms with Gasteiger partial charge in [0.05, 0.1) is 17.6 Å². The fourth-order valence-corrected chi connectivity index (χ4v) is 1.24. The molecule has 0 aliphatic carbocycles. The van der Waals surface area contributed by atoms with E-state index in [1.54, 1.807) is 0 Å². The van der Waals surface area contributed by atoms with Crippen molar-refractivity contribution in [2.45, 2.75) is 6.04 Å². The first-order valence-electron chi connectivity index (χ1n) is 4.39. The number of nitrogens with zero attached hydrogens (tertiary/aromatic N) is 1. The van der Waals surface area contributed by atoms with Gasteiger partial charge in [0.1, 0.15) is 0 Å². The molecular weight excluding hydrogens is 216 g/mol. The lowest BCUT2D eigenvalue weighted by Gasteiger charge is -2.13. The average Bonchev–Trinajstić information content (AvgIpc) is 2.25. The summed E-state index contributed by atoms with van der Waals surface area (Å²) in [6, 6.07) is 4.58. The molecule has 0 saturated carbocycles. The minimum absolute atomic E-state index is 0.150. The van der Waals surface area contributed by atoms with E-state index in [0.717, 1.165) is 0 Å². The highest BCUT2D eigenvalue weighted by molar-refractivity contribution is 5.65. The lowest BCUT2D eigenvalue weighted by Crippen LogP contribution is -2.29. The maximum Gasteiger partial charge on any atom is 0.405 e. The molecule has 0 aliphatic heterocycles. The average molecular weight is 226 g/mol. The SMILES string of the molecule is O=C(O)NC(CO)c1cccc([N+](=O)[O-])c1. The summed E-state index contributed by atoms with van der Waals surface area (Å²) < 4.78 is 0. The first kappa shape index (κ1) is 11.9. The second-order valence-electron chi connectivity index (χ2n) is 3.04. The molecule has 16 heavy (non-hydrogen) atoms. The number of non-ortho nitro benzene ring substituents is 1. The van der Waals surface area contributed by atoms with Crippen LogP contribution in [0.1, 0.15) is 11.6 Å². The number of nitro benzene ring substituents is 1. The summed E-state index contributed by atoms with van der Waals surface area (Å²) in [4.78, 5) is 20.3. The number of nitrogens with one attached hydrogen (secondary N) is 1. The number of nitro groups is 1. The number of hydrogen-bond acceptors (Lipinski definition) is 4. The molecule has 3 N–H and O–H groups in total. The second-order valence-corrected chi connectivity index (χ2v) is 3.04. The van der Waals surface area contributed by atoms with Crippen LogP contribution in [-0.2, 0) is 0 Å². The molecule has 7 nitrogen and oxygen atoms in total. The van der Waals surface area contributed by atoms with Gasteiger partial charge in [-0.15, -0.1) is 0 Å². The van der Waals surface area contributed by atoms with Crippen LogP contribution in [0.3, 0.4) is 0 Å². The van der Waals surface area contributed by atoms with Crippen LogP contribution < -0.4 is 5.32 Å². The van der Waals surface area contributed by atoms with E-state index in [2.05, 4.69) is 5.32 Å². The van der Waals surface area contributed by atoms with Crippen LogP contribution in [0, 0.1) is 10.1 Å². The lowest BCUT2D eigenvalue weighted by atomic mass is 10.1. The molecule has 86 valence electrons. The van der Waals surface area contributed by atoms with Crippen molar-refractivity contribution in [1.82, 2.24) is 5.32 Å². The van der Waals surface area contributed by atoms with E-state index in [4.69, 9.17) is 10.2 Å². The van der Waals surface area contributed by atoms with Crippen molar-refractivity contribution < 1.29 is 19.9 Å². The Hall–Kier alpha value is -2.15. The summed E-state index contributed by atoms with van der Waals surface area (Å²) in [5.41, 5.74) is 0.197. The van der Waals surface area contributed by atoms with Gasteiger partial charge in [0.15, 0.2) is 0 Å². The van der Waals surface area contributed by atoms with Crippen molar-refractivity contribution in [1.29, 1.82) is 0 Å². The zero-order valence-corrected chi connectivity index (χ0v) is 8.16. The Kier molecular flexibility index (Phi) is 3.78. The van der Waals surface area contributed by atoms with Crippen LogP contribution in [-0.4, -0.2) is 27.8 Å². The second kappa shape index (κ2) is 5.08. The van der Waals surface area contributed by atoms with Gasteiger partial charge in [-0.25, -0.2) is 4.79 Å². The smallest absolute Gasteiger partial charge is 0.405 e. The van der Waals surface area contributed by atoms with Crippen molar-refractivity contribution in [3.63, 3.8) is 0 Å². The van der Waals surface area contributed by atoms with Crippen molar-refractivity contribution in [2.75, 3.05) is 6.61 Å². The Morgan fingerprint density at radius 3 is 2.75 bits per heavy atom. The van der Waals surface area contributed by atoms with E-state index >= 15 is 0 Å². The Labute approximate surface area is 90.5 Å². The van der Waals surface area contributed by atoms with Crippen LogP contribution in [0.2, 0.25) is 0 Å². The van der Waals surface area contributed by atoms with E-state index in [0.29, 0.717) is 5.56 Å². The number of aliphatic hydroxyl groups is 1. The number of aliphatic hydroxyl groups excluding tert-OH is 1. The van der Waals surface area contributed by atoms with Crippen LogP contribution in [0.15, 0.2) is 24.3 Å². The Morgan fingerprint density at radius 1 is 1.56 bits per heavy atom. The molecule has 7 heteroatoms. The standard InChI is InChI=1S/C9H10N2O5/c12-5-8(10-9(13)14)6-2-1-3-7(4-6)11(15)16/h1-4,8,10,12H,5H2,(H,13,14). The maximum atomic E-state index is 10.5. The van der Waals surface area contributed by atoms with Gasteiger partial charge in [0, 0.05) is 12.1 Å². The van der Waals surface area contributed by atoms with Gasteiger partial charge in [0.2, 0.25) is 0 Å². The van der Waals surface area contributed by atoms with Crippen molar-refractivity contribution in [2.24, 2.45) is 0 Å². The molecule has 1 aromatic rings. The van der Waals surface area contributed by atoms with Crippen molar-refractivity contribution >= 4 is 11.8 Å². The highest BCUT2D eigenvalue weighted by atomic mass is 16.6. The third-order valence-electron chi connectivity index (χ3n) is 1.96. The molecule has 1 aromatic carbocycles. The lowest BCUT2D eigenvalue weighted by molar-refractivity contribution is -0.384. The molecule has 1 rings (SSSR count). The Balaban J connectivity index is 2.96. The number of rotatable bonds is 4. The molecule has 0 aliphatic rings. The molecule has 0 fully saturated rings. The number of benzene rings is 1. The summed E-state index contributed by atoms with van der Waals surface area (Å²) in [5, 5.41) is 30.0. The molecule has 1 atom stereocenters. The molecule has 1 amide bonds. The normalized spacial score (nSPS) is 11.8. The van der Waals surface area contributed by atoms with E-state index in [9.17, 15) is 14.9 Å². The first-order valence-corrected chi connectivity index (χ1v) is 4.39. The first-order chi connectivity index (χ1) is 7.54. The molecule has 0 bridgehead atoms. The fraction of sp³-hybridized carbons (Fsp3) is 0.222. The third kappa shape index (κ3) is 2.92. The molecule has 0 aromatic heterocycles. The van der Waals surface area contributed by atoms with E-state index in [1.165, 1.54) is 24.3 Å². The fourth-order valence-electron chi connectivity index (χ4n) is 1.24. The monoisotopic (exact) mass is 226 g/mol. The van der Waals surface area contributed by atoms with Crippen LogP contribution >= 0.6 is 0 Å². The summed E-state index contributed by atoms with van der Waals surface area (Å²) in [6.45, 7) is -0.465. The van der Waals surface area contributed by atoms with Crippen LogP contribution in [0.25, 0.3) is 0 Å². The number of carbonyl (C=O) groups is 1. The highest BCUT2D eigenvalue weighted by Gasteiger charge is 2.15. The topological polar surface area (TPSA) is 113 Å². The number of carboxylic acid groups (broad SMARTS) is 1. The zero-order valence-electron chi connectivity index (χ0n) is 8.16. The van der Waals surface area contributed by atoms with Gasteiger partial charge in [-0.1, -0.05) is 12.1 Å². The van der Waals surface area contributed by atoms with Gasteiger partial charge >= 0.3 is 6.09 Å². The molecule has 0 radical (unpaired) electrons. The van der Waals surface area contributed by atoms with E-state index in [1.807, 2.05) is 0 Å². The van der Waals surface area contributed by atoms with Gasteiger partial charge < -0.3 is 15.5 Å². The Morgan fingerprint density at radius 2 is 2.25 bits per heavy atom. The van der Waals surface area contributed by atoms with Gasteiger partial charge in [-0.2, -0.15) is 0 Å². The van der Waals surface area contributed by atoms with Gasteiger partial charge in [-0.3, -0.25) is 10.1 Å². The Bertz CT molecular complexity index is 407. The minimum atomic E-state index is -1.30. The van der Waals surface area contributed by atoms with E-state index < -0.39 is 23.7 Å². The highest BCUT2D eigenvalue weighted by Crippen LogP contribution is 2.18. The quantitative estimate of drug-likeness (QED) is 0.521. The summed E-state index contributed by atoms with van der Waals surface area (Å²) in [7, 11) is 0. The summed E-state index contributed by atoms with van der Waals surface area (Å²) in [5.74, 6) is 0. The molecule has 0 heterocycles. The van der Waals surface area contributed by atoms with Crippen molar-refractivity contribution in [3.8, 4) is 0 Å².